The Morgan fingerprint density at radius 3 is 2.30 bits per heavy atom. The fraction of sp³-hybridized carbons (Fsp3) is 0.143. The predicted molar refractivity (Wildman–Crippen MR) is 72.0 cm³/mol. The zero-order chi connectivity index (χ0) is 14.5. The van der Waals surface area contributed by atoms with E-state index >= 15 is 0 Å². The molecule has 0 aliphatic heterocycles. The van der Waals surface area contributed by atoms with E-state index in [1.54, 1.807) is 24.3 Å². The molecule has 2 aromatic rings. The molecule has 0 amide bonds. The van der Waals surface area contributed by atoms with Crippen molar-refractivity contribution in [3.63, 3.8) is 0 Å². The summed E-state index contributed by atoms with van der Waals surface area (Å²) in [6.45, 7) is 0.148. The minimum atomic E-state index is -2.52. The smallest absolute Gasteiger partial charge is 0.288 e. The number of anilines is 1. The van der Waals surface area contributed by atoms with Crippen LogP contribution in [0.1, 0.15) is 5.56 Å². The fourth-order valence-electron chi connectivity index (χ4n) is 1.72. The van der Waals surface area contributed by atoms with Crippen LogP contribution in [-0.2, 0) is 6.54 Å². The van der Waals surface area contributed by atoms with E-state index in [1.807, 2.05) is 0 Å². The highest BCUT2D eigenvalue weighted by Crippen LogP contribution is 2.31. The molecule has 0 aliphatic carbocycles. The molecule has 0 bridgehead atoms. The lowest BCUT2D eigenvalue weighted by molar-refractivity contribution is 0.252. The molecule has 0 saturated carbocycles. The highest BCUT2D eigenvalue weighted by Gasteiger charge is 2.09. The average molecular weight is 301 g/mol. The van der Waals surface area contributed by atoms with E-state index < -0.39 is 17.4 Å². The molecule has 1 nitrogen and oxygen atoms in total. The van der Waals surface area contributed by atoms with Crippen LogP contribution in [0.2, 0.25) is 0 Å². The van der Waals surface area contributed by atoms with Crippen LogP contribution in [0.25, 0.3) is 0 Å². The Morgan fingerprint density at radius 2 is 1.65 bits per heavy atom. The van der Waals surface area contributed by atoms with Crippen molar-refractivity contribution in [2.45, 2.75) is 17.2 Å². The molecule has 2 rings (SSSR count). The normalized spacial score (nSPS) is 10.8. The highest BCUT2D eigenvalue weighted by molar-refractivity contribution is 7.99. The van der Waals surface area contributed by atoms with Crippen LogP contribution < -0.4 is 5.32 Å². The summed E-state index contributed by atoms with van der Waals surface area (Å²) in [4.78, 5) is 0.388. The van der Waals surface area contributed by atoms with Gasteiger partial charge >= 0.3 is 0 Å². The number of hydrogen-bond acceptors (Lipinski definition) is 2. The molecule has 2 aromatic carbocycles. The molecule has 0 atom stereocenters. The van der Waals surface area contributed by atoms with Crippen LogP contribution in [0.5, 0.6) is 0 Å². The molecule has 0 fully saturated rings. The Morgan fingerprint density at radius 1 is 1.00 bits per heavy atom. The van der Waals surface area contributed by atoms with Gasteiger partial charge in [0.2, 0.25) is 0 Å². The summed E-state index contributed by atoms with van der Waals surface area (Å²) in [7, 11) is 0. The number of nitrogens with one attached hydrogen (secondary N) is 1. The van der Waals surface area contributed by atoms with E-state index in [9.17, 15) is 17.6 Å². The third kappa shape index (κ3) is 4.16. The molecule has 1 N–H and O–H groups in total. The molecule has 6 heteroatoms. The van der Waals surface area contributed by atoms with Crippen LogP contribution in [0.15, 0.2) is 47.4 Å². The first kappa shape index (κ1) is 14.7. The van der Waals surface area contributed by atoms with Gasteiger partial charge in [-0.15, -0.1) is 0 Å². The Bertz CT molecular complexity index is 569. The highest BCUT2D eigenvalue weighted by atomic mass is 32.2. The second-order valence-corrected chi connectivity index (χ2v) is 5.04. The predicted octanol–water partition coefficient (Wildman–Crippen LogP) is 4.89. The second kappa shape index (κ2) is 6.65. The number of alkyl halides is 2. The van der Waals surface area contributed by atoms with Gasteiger partial charge in [0.15, 0.2) is 0 Å². The number of hydrogen-bond donors (Lipinski definition) is 1. The number of halogens is 4. The van der Waals surface area contributed by atoms with Gasteiger partial charge in [-0.2, -0.15) is 8.78 Å². The van der Waals surface area contributed by atoms with Gasteiger partial charge in [-0.05, 0) is 29.8 Å². The van der Waals surface area contributed by atoms with E-state index in [0.717, 1.165) is 6.07 Å². The Hall–Kier alpha value is -1.69. The second-order valence-electron chi connectivity index (χ2n) is 4.01. The molecular formula is C14H11F4NS. The molecule has 0 unspecified atom stereocenters. The van der Waals surface area contributed by atoms with E-state index in [0.29, 0.717) is 27.9 Å². The third-order valence-corrected chi connectivity index (χ3v) is 3.30. The molecular weight excluding hydrogens is 290 g/mol. The standard InChI is InChI=1S/C14H11F4NS/c15-10-5-9(6-11(16)7-10)8-19-12-3-1-2-4-13(12)20-14(17)18/h1-7,14,19H,8H2. The topological polar surface area (TPSA) is 12.0 Å². The third-order valence-electron chi connectivity index (χ3n) is 2.51. The van der Waals surface area contributed by atoms with Gasteiger partial charge < -0.3 is 5.32 Å². The van der Waals surface area contributed by atoms with E-state index in [2.05, 4.69) is 5.32 Å². The summed E-state index contributed by atoms with van der Waals surface area (Å²) >= 11 is 0.423. The van der Waals surface area contributed by atoms with E-state index in [1.165, 1.54) is 12.1 Å². The summed E-state index contributed by atoms with van der Waals surface area (Å²) in [5.74, 6) is -3.86. The van der Waals surface area contributed by atoms with E-state index in [-0.39, 0.29) is 6.54 Å². The lowest BCUT2D eigenvalue weighted by atomic mass is 10.2. The van der Waals surface area contributed by atoms with Crippen LogP contribution in [0.4, 0.5) is 23.2 Å². The van der Waals surface area contributed by atoms with Crippen LogP contribution in [0, 0.1) is 11.6 Å². The summed E-state index contributed by atoms with van der Waals surface area (Å²) in [5, 5.41) is 2.90. The Balaban J connectivity index is 2.10. The van der Waals surface area contributed by atoms with Crippen LogP contribution >= 0.6 is 11.8 Å². The van der Waals surface area contributed by atoms with Gasteiger partial charge in [0, 0.05) is 23.2 Å². The van der Waals surface area contributed by atoms with Gasteiger partial charge in [0.25, 0.3) is 5.76 Å². The van der Waals surface area contributed by atoms with Gasteiger partial charge in [0.05, 0.1) is 0 Å². The zero-order valence-electron chi connectivity index (χ0n) is 10.2. The first-order chi connectivity index (χ1) is 9.54. The first-order valence-corrected chi connectivity index (χ1v) is 6.65. The van der Waals surface area contributed by atoms with Crippen molar-refractivity contribution in [1.29, 1.82) is 0 Å². The maximum absolute atomic E-state index is 13.0. The molecule has 0 heterocycles. The summed E-state index contributed by atoms with van der Waals surface area (Å²) in [6.07, 6.45) is 0. The quantitative estimate of drug-likeness (QED) is 0.623. The number of rotatable bonds is 5. The van der Waals surface area contributed by atoms with Gasteiger partial charge in [-0.25, -0.2) is 8.78 Å². The first-order valence-electron chi connectivity index (χ1n) is 5.77. The summed E-state index contributed by atoms with van der Waals surface area (Å²) < 4.78 is 50.9. The van der Waals surface area contributed by atoms with Gasteiger partial charge in [0.1, 0.15) is 11.6 Å². The van der Waals surface area contributed by atoms with Crippen LogP contribution in [0.3, 0.4) is 0 Å². The monoisotopic (exact) mass is 301 g/mol. The molecule has 0 saturated heterocycles. The average Bonchev–Trinajstić information content (AvgIpc) is 2.36. The van der Waals surface area contributed by atoms with Crippen molar-refractivity contribution in [3.05, 3.63) is 59.7 Å². The van der Waals surface area contributed by atoms with Crippen molar-refractivity contribution >= 4 is 17.4 Å². The molecule has 0 radical (unpaired) electrons. The maximum Gasteiger partial charge on any atom is 0.288 e. The van der Waals surface area contributed by atoms with Crippen molar-refractivity contribution in [3.8, 4) is 0 Å². The van der Waals surface area contributed by atoms with Crippen molar-refractivity contribution in [2.24, 2.45) is 0 Å². The fourth-order valence-corrected chi connectivity index (χ4v) is 2.34. The van der Waals surface area contributed by atoms with Crippen molar-refractivity contribution in [1.82, 2.24) is 0 Å². The minimum Gasteiger partial charge on any atom is -0.380 e. The number of benzene rings is 2. The summed E-state index contributed by atoms with van der Waals surface area (Å²) in [6, 6.07) is 9.72. The molecule has 20 heavy (non-hydrogen) atoms. The van der Waals surface area contributed by atoms with Crippen LogP contribution in [-0.4, -0.2) is 5.76 Å². The van der Waals surface area contributed by atoms with Crippen molar-refractivity contribution < 1.29 is 17.6 Å². The summed E-state index contributed by atoms with van der Waals surface area (Å²) in [5.41, 5.74) is 0.904. The Kier molecular flexibility index (Phi) is 4.89. The Labute approximate surface area is 118 Å². The maximum atomic E-state index is 13.0. The SMILES string of the molecule is Fc1cc(F)cc(CNc2ccccc2SC(F)F)c1. The molecule has 0 spiro atoms. The zero-order valence-corrected chi connectivity index (χ0v) is 11.1. The molecule has 0 aromatic heterocycles. The largest absolute Gasteiger partial charge is 0.380 e. The lowest BCUT2D eigenvalue weighted by Gasteiger charge is -2.11. The molecule has 106 valence electrons. The van der Waals surface area contributed by atoms with Crippen molar-refractivity contribution in [2.75, 3.05) is 5.32 Å². The van der Waals surface area contributed by atoms with E-state index in [4.69, 9.17) is 0 Å². The van der Waals surface area contributed by atoms with Gasteiger partial charge in [-0.1, -0.05) is 23.9 Å². The molecule has 0 aliphatic rings. The number of thioether (sulfide) groups is 1. The number of para-hydroxylation sites is 1. The minimum absolute atomic E-state index is 0.148. The van der Waals surface area contributed by atoms with Gasteiger partial charge in [-0.3, -0.25) is 0 Å². The lowest BCUT2D eigenvalue weighted by Crippen LogP contribution is -2.02.